The van der Waals surface area contributed by atoms with Crippen molar-refractivity contribution in [3.05, 3.63) is 23.5 Å². The first-order chi connectivity index (χ1) is 8.60. The molecule has 0 bridgehead atoms. The topological polar surface area (TPSA) is 22.1 Å². The minimum absolute atomic E-state index is 0.232. The number of ether oxygens (including phenoxy) is 1. The Morgan fingerprint density at radius 1 is 1.22 bits per heavy atom. The molecule has 1 rings (SSSR count). The molecular formula is C15H24BrNO. The predicted molar refractivity (Wildman–Crippen MR) is 80.7 cm³/mol. The number of halogens is 1. The van der Waals surface area contributed by atoms with Crippen LogP contribution in [0.2, 0.25) is 0 Å². The largest absolute Gasteiger partial charge is 0.491 e. The molecule has 0 spiro atoms. The van der Waals surface area contributed by atoms with Gasteiger partial charge in [0.1, 0.15) is 5.75 Å². The lowest BCUT2D eigenvalue weighted by molar-refractivity contribution is 0.156. The monoisotopic (exact) mass is 313 g/mol. The van der Waals surface area contributed by atoms with Gasteiger partial charge < -0.3 is 4.74 Å². The van der Waals surface area contributed by atoms with Crippen LogP contribution in [-0.4, -0.2) is 16.9 Å². The van der Waals surface area contributed by atoms with Crippen molar-refractivity contribution in [3.8, 4) is 5.75 Å². The van der Waals surface area contributed by atoms with Gasteiger partial charge in [-0.25, -0.2) is 0 Å². The molecule has 0 aromatic carbocycles. The summed E-state index contributed by atoms with van der Waals surface area (Å²) >= 11 is 3.62. The summed E-state index contributed by atoms with van der Waals surface area (Å²) in [5.41, 5.74) is 2.35. The zero-order chi connectivity index (χ0) is 13.6. The molecule has 0 aliphatic rings. The van der Waals surface area contributed by atoms with Gasteiger partial charge in [-0.05, 0) is 38.3 Å². The van der Waals surface area contributed by atoms with Crippen molar-refractivity contribution in [2.24, 2.45) is 5.41 Å². The third-order valence-corrected chi connectivity index (χ3v) is 4.91. The number of hydrogen-bond donors (Lipinski definition) is 0. The van der Waals surface area contributed by atoms with Crippen molar-refractivity contribution >= 4 is 15.9 Å². The fourth-order valence-electron chi connectivity index (χ4n) is 1.89. The van der Waals surface area contributed by atoms with Crippen LogP contribution in [-0.2, 0) is 6.42 Å². The molecule has 3 heteroatoms. The van der Waals surface area contributed by atoms with E-state index in [2.05, 4.69) is 41.7 Å². The van der Waals surface area contributed by atoms with Gasteiger partial charge in [-0.3, -0.25) is 4.98 Å². The lowest BCUT2D eigenvalue weighted by atomic mass is 9.86. The van der Waals surface area contributed by atoms with E-state index in [1.807, 2.05) is 19.1 Å². The van der Waals surface area contributed by atoms with E-state index in [4.69, 9.17) is 4.74 Å². The Bertz CT molecular complexity index is 366. The summed E-state index contributed by atoms with van der Waals surface area (Å²) in [6, 6.07) is 4.06. The highest BCUT2D eigenvalue weighted by atomic mass is 79.9. The Morgan fingerprint density at radius 2 is 1.89 bits per heavy atom. The summed E-state index contributed by atoms with van der Waals surface area (Å²) in [7, 11) is 0. The van der Waals surface area contributed by atoms with Crippen molar-refractivity contribution in [3.63, 3.8) is 0 Å². The van der Waals surface area contributed by atoms with Gasteiger partial charge >= 0.3 is 0 Å². The Labute approximate surface area is 119 Å². The van der Waals surface area contributed by atoms with Gasteiger partial charge in [-0.1, -0.05) is 36.7 Å². The van der Waals surface area contributed by atoms with Crippen molar-refractivity contribution in [1.82, 2.24) is 4.98 Å². The smallest absolute Gasteiger partial charge is 0.140 e. The molecule has 0 aliphatic heterocycles. The van der Waals surface area contributed by atoms with Crippen LogP contribution in [0.4, 0.5) is 0 Å². The standard InChI is InChI=1S/C15H24BrNO/c1-5-13-14(9-8-12(4)17-13)18-11-15(6-2,7-3)10-16/h8-9H,5-7,10-11H2,1-4H3. The Morgan fingerprint density at radius 3 is 2.39 bits per heavy atom. The normalized spacial score (nSPS) is 11.6. The number of hydrogen-bond acceptors (Lipinski definition) is 2. The summed E-state index contributed by atoms with van der Waals surface area (Å²) in [4.78, 5) is 4.53. The fraction of sp³-hybridized carbons (Fsp3) is 0.667. The summed E-state index contributed by atoms with van der Waals surface area (Å²) in [6.45, 7) is 9.34. The van der Waals surface area contributed by atoms with Gasteiger partial charge in [0.05, 0.1) is 12.3 Å². The average Bonchev–Trinajstić information content (AvgIpc) is 2.42. The number of aryl methyl sites for hydroxylation is 2. The molecular weight excluding hydrogens is 290 g/mol. The molecule has 0 atom stereocenters. The van der Waals surface area contributed by atoms with Crippen molar-refractivity contribution in [1.29, 1.82) is 0 Å². The fourth-order valence-corrected chi connectivity index (χ4v) is 2.85. The van der Waals surface area contributed by atoms with E-state index in [1.54, 1.807) is 0 Å². The maximum absolute atomic E-state index is 6.03. The number of nitrogens with zero attached hydrogens (tertiary/aromatic N) is 1. The van der Waals surface area contributed by atoms with E-state index in [1.165, 1.54) is 0 Å². The molecule has 2 nitrogen and oxygen atoms in total. The summed E-state index contributed by atoms with van der Waals surface area (Å²) in [6.07, 6.45) is 3.15. The summed E-state index contributed by atoms with van der Waals surface area (Å²) in [5, 5.41) is 0.980. The molecule has 0 fully saturated rings. The second-order valence-electron chi connectivity index (χ2n) is 4.88. The molecule has 0 radical (unpaired) electrons. The number of pyridine rings is 1. The molecule has 0 amide bonds. The quantitative estimate of drug-likeness (QED) is 0.690. The van der Waals surface area contributed by atoms with Crippen LogP contribution in [0, 0.1) is 12.3 Å². The highest BCUT2D eigenvalue weighted by Gasteiger charge is 2.26. The second-order valence-corrected chi connectivity index (χ2v) is 5.44. The van der Waals surface area contributed by atoms with E-state index in [-0.39, 0.29) is 5.41 Å². The first-order valence-electron chi connectivity index (χ1n) is 6.76. The maximum Gasteiger partial charge on any atom is 0.140 e. The highest BCUT2D eigenvalue weighted by Crippen LogP contribution is 2.30. The van der Waals surface area contributed by atoms with Crippen LogP contribution in [0.1, 0.15) is 45.0 Å². The van der Waals surface area contributed by atoms with Gasteiger partial charge in [-0.15, -0.1) is 0 Å². The van der Waals surface area contributed by atoms with E-state index >= 15 is 0 Å². The van der Waals surface area contributed by atoms with Crippen LogP contribution < -0.4 is 4.74 Å². The molecule has 0 saturated carbocycles. The molecule has 0 unspecified atom stereocenters. The minimum Gasteiger partial charge on any atom is -0.491 e. The first kappa shape index (κ1) is 15.5. The lowest BCUT2D eigenvalue weighted by Crippen LogP contribution is -2.29. The molecule has 1 aromatic heterocycles. The molecule has 102 valence electrons. The number of rotatable bonds is 7. The van der Waals surface area contributed by atoms with Gasteiger partial charge in [-0.2, -0.15) is 0 Å². The van der Waals surface area contributed by atoms with Crippen molar-refractivity contribution in [2.45, 2.75) is 47.0 Å². The van der Waals surface area contributed by atoms with Crippen LogP contribution in [0.3, 0.4) is 0 Å². The van der Waals surface area contributed by atoms with Crippen LogP contribution in [0.5, 0.6) is 5.75 Å². The number of alkyl halides is 1. The van der Waals surface area contributed by atoms with Crippen LogP contribution in [0.25, 0.3) is 0 Å². The molecule has 0 aliphatic carbocycles. The second kappa shape index (κ2) is 7.13. The van der Waals surface area contributed by atoms with Crippen LogP contribution >= 0.6 is 15.9 Å². The number of aromatic nitrogens is 1. The molecule has 18 heavy (non-hydrogen) atoms. The molecule has 1 aromatic rings. The zero-order valence-corrected chi connectivity index (χ0v) is 13.5. The van der Waals surface area contributed by atoms with E-state index in [0.29, 0.717) is 0 Å². The maximum atomic E-state index is 6.03. The Balaban J connectivity index is 2.79. The van der Waals surface area contributed by atoms with E-state index < -0.39 is 0 Å². The third kappa shape index (κ3) is 3.71. The Hall–Kier alpha value is -0.570. The minimum atomic E-state index is 0.232. The van der Waals surface area contributed by atoms with Gasteiger partial charge in [0, 0.05) is 16.4 Å². The summed E-state index contributed by atoms with van der Waals surface area (Å²) < 4.78 is 6.03. The van der Waals surface area contributed by atoms with Crippen molar-refractivity contribution in [2.75, 3.05) is 11.9 Å². The van der Waals surface area contributed by atoms with E-state index in [0.717, 1.165) is 48.3 Å². The van der Waals surface area contributed by atoms with Crippen molar-refractivity contribution < 1.29 is 4.74 Å². The lowest BCUT2D eigenvalue weighted by Gasteiger charge is -2.29. The van der Waals surface area contributed by atoms with Crippen LogP contribution in [0.15, 0.2) is 12.1 Å². The van der Waals surface area contributed by atoms with Gasteiger partial charge in [0.25, 0.3) is 0 Å². The Kier molecular flexibility index (Phi) is 6.13. The van der Waals surface area contributed by atoms with Gasteiger partial charge in [0.15, 0.2) is 0 Å². The first-order valence-corrected chi connectivity index (χ1v) is 7.88. The zero-order valence-electron chi connectivity index (χ0n) is 11.9. The average molecular weight is 314 g/mol. The molecule has 0 N–H and O–H groups in total. The third-order valence-electron chi connectivity index (χ3n) is 3.72. The molecule has 0 saturated heterocycles. The summed E-state index contributed by atoms with van der Waals surface area (Å²) in [5.74, 6) is 0.940. The van der Waals surface area contributed by atoms with Gasteiger partial charge in [0.2, 0.25) is 0 Å². The van der Waals surface area contributed by atoms with E-state index in [9.17, 15) is 0 Å². The highest BCUT2D eigenvalue weighted by molar-refractivity contribution is 9.09. The predicted octanol–water partition coefficient (Wildman–Crippen LogP) is 4.53. The molecule has 1 heterocycles. The SMILES string of the molecule is CCc1nc(C)ccc1OCC(CC)(CC)CBr.